The van der Waals surface area contributed by atoms with E-state index >= 15 is 0 Å². The molecular weight excluding hydrogens is 417 g/mol. The number of anilines is 4. The minimum Gasteiger partial charge on any atom is -0.495 e. The maximum absolute atomic E-state index is 14.4. The van der Waals surface area contributed by atoms with Gasteiger partial charge in [0.15, 0.2) is 0 Å². The average molecular weight is 443 g/mol. The molecule has 1 aliphatic rings. The smallest absolute Gasteiger partial charge is 0.321 e. The van der Waals surface area contributed by atoms with Crippen molar-refractivity contribution in [2.24, 2.45) is 0 Å². The first-order chi connectivity index (χ1) is 15.3. The molecule has 4 N–H and O–H groups in total. The molecule has 0 saturated carbocycles. The number of urea groups is 1. The van der Waals surface area contributed by atoms with Gasteiger partial charge in [-0.05, 0) is 49.7 Å². The molecule has 2 aromatic carbocycles. The molecule has 1 unspecified atom stereocenters. The van der Waals surface area contributed by atoms with E-state index in [0.29, 0.717) is 42.3 Å². The van der Waals surface area contributed by atoms with Crippen LogP contribution < -0.4 is 30.9 Å². The minimum atomic E-state index is -0.697. The van der Waals surface area contributed by atoms with Crippen LogP contribution in [-0.4, -0.2) is 44.1 Å². The van der Waals surface area contributed by atoms with E-state index in [1.165, 1.54) is 37.1 Å². The Kier molecular flexibility index (Phi) is 7.14. The predicted molar refractivity (Wildman–Crippen MR) is 121 cm³/mol. The lowest BCUT2D eigenvalue weighted by Crippen LogP contribution is -2.46. The van der Waals surface area contributed by atoms with Crippen molar-refractivity contribution in [1.82, 2.24) is 5.32 Å². The summed E-state index contributed by atoms with van der Waals surface area (Å²) in [5.74, 6) is -0.703. The van der Waals surface area contributed by atoms with Crippen LogP contribution in [0.15, 0.2) is 36.4 Å². The third-order valence-electron chi connectivity index (χ3n) is 4.87. The molecule has 1 aliphatic heterocycles. The number of hydrogen-bond donors (Lipinski definition) is 4. The Labute approximate surface area is 185 Å². The Bertz CT molecular complexity index is 1030. The summed E-state index contributed by atoms with van der Waals surface area (Å²) in [5.41, 5.74) is 1.53. The largest absolute Gasteiger partial charge is 0.495 e. The second-order valence-corrected chi connectivity index (χ2v) is 7.35. The zero-order valence-corrected chi connectivity index (χ0v) is 18.1. The van der Waals surface area contributed by atoms with E-state index in [-0.39, 0.29) is 23.5 Å². The quantitative estimate of drug-likeness (QED) is 0.525. The van der Waals surface area contributed by atoms with Crippen LogP contribution in [0.4, 0.5) is 31.9 Å². The fraction of sp³-hybridized carbons (Fsp3) is 0.318. The van der Waals surface area contributed by atoms with Gasteiger partial charge < -0.3 is 26.0 Å². The second-order valence-electron chi connectivity index (χ2n) is 7.35. The molecule has 170 valence electrons. The number of carbonyl (C=O) groups is 3. The maximum Gasteiger partial charge on any atom is 0.321 e. The van der Waals surface area contributed by atoms with Gasteiger partial charge >= 0.3 is 6.03 Å². The van der Waals surface area contributed by atoms with Crippen molar-refractivity contribution in [2.45, 2.75) is 26.3 Å². The van der Waals surface area contributed by atoms with Gasteiger partial charge in [0.1, 0.15) is 17.6 Å². The van der Waals surface area contributed by atoms with E-state index in [9.17, 15) is 18.8 Å². The van der Waals surface area contributed by atoms with Crippen molar-refractivity contribution < 1.29 is 23.5 Å². The third kappa shape index (κ3) is 5.45. The van der Waals surface area contributed by atoms with Gasteiger partial charge in [-0.1, -0.05) is 0 Å². The Morgan fingerprint density at radius 2 is 1.91 bits per heavy atom. The number of nitrogens with one attached hydrogen (secondary N) is 4. The van der Waals surface area contributed by atoms with Gasteiger partial charge in [-0.25, -0.2) is 9.18 Å². The molecule has 4 amide bonds. The van der Waals surface area contributed by atoms with Crippen molar-refractivity contribution in [2.75, 3.05) is 41.0 Å². The van der Waals surface area contributed by atoms with E-state index in [0.717, 1.165) is 0 Å². The highest BCUT2D eigenvalue weighted by Crippen LogP contribution is 2.29. The monoisotopic (exact) mass is 443 g/mol. The molecule has 10 heteroatoms. The first-order valence-electron chi connectivity index (χ1n) is 10.2. The molecule has 9 nitrogen and oxygen atoms in total. The van der Waals surface area contributed by atoms with Gasteiger partial charge in [-0.2, -0.15) is 0 Å². The van der Waals surface area contributed by atoms with E-state index in [1.54, 1.807) is 25.1 Å². The van der Waals surface area contributed by atoms with Crippen molar-refractivity contribution in [3.05, 3.63) is 42.2 Å². The standard InChI is InChI=1S/C22H26FN5O4/c1-13(21(30)27-18-11-15(26-14(2)29)6-8-20(18)32-3)25-16-5-7-17(23)19(12-16)28-10-4-9-24-22(28)31/h5-8,11-13,25H,4,9-10H2,1-3H3,(H,24,31)(H,26,29)(H,27,30). The second kappa shape index (κ2) is 9.99. The van der Waals surface area contributed by atoms with Crippen molar-refractivity contribution in [3.8, 4) is 5.75 Å². The van der Waals surface area contributed by atoms with Crippen LogP contribution in [0.5, 0.6) is 5.75 Å². The lowest BCUT2D eigenvalue weighted by atomic mass is 10.2. The summed E-state index contributed by atoms with van der Waals surface area (Å²) in [5, 5.41) is 11.1. The number of methoxy groups -OCH3 is 1. The lowest BCUT2D eigenvalue weighted by molar-refractivity contribution is -0.116. The van der Waals surface area contributed by atoms with Crippen LogP contribution in [0.25, 0.3) is 0 Å². The molecule has 1 atom stereocenters. The van der Waals surface area contributed by atoms with Crippen molar-refractivity contribution >= 4 is 40.6 Å². The highest BCUT2D eigenvalue weighted by molar-refractivity contribution is 5.99. The Morgan fingerprint density at radius 1 is 1.16 bits per heavy atom. The Morgan fingerprint density at radius 3 is 2.59 bits per heavy atom. The first-order valence-corrected chi connectivity index (χ1v) is 10.2. The number of benzene rings is 2. The van der Waals surface area contributed by atoms with Crippen LogP contribution in [0.3, 0.4) is 0 Å². The molecule has 0 bridgehead atoms. The van der Waals surface area contributed by atoms with Crippen LogP contribution in [0.2, 0.25) is 0 Å². The van der Waals surface area contributed by atoms with E-state index in [2.05, 4.69) is 21.3 Å². The van der Waals surface area contributed by atoms with Crippen LogP contribution in [0.1, 0.15) is 20.3 Å². The van der Waals surface area contributed by atoms with Crippen LogP contribution >= 0.6 is 0 Å². The molecule has 1 heterocycles. The van der Waals surface area contributed by atoms with E-state index in [4.69, 9.17) is 4.74 Å². The minimum absolute atomic E-state index is 0.143. The Hall–Kier alpha value is -3.82. The lowest BCUT2D eigenvalue weighted by Gasteiger charge is -2.28. The summed E-state index contributed by atoms with van der Waals surface area (Å²) >= 11 is 0. The fourth-order valence-corrected chi connectivity index (χ4v) is 3.31. The number of carbonyl (C=O) groups excluding carboxylic acids is 3. The number of nitrogens with zero attached hydrogens (tertiary/aromatic N) is 1. The number of amides is 4. The summed E-state index contributed by atoms with van der Waals surface area (Å²) < 4.78 is 19.6. The molecular formula is C22H26FN5O4. The summed E-state index contributed by atoms with van der Waals surface area (Å²) in [6.07, 6.45) is 0.709. The molecule has 1 saturated heterocycles. The molecule has 0 radical (unpaired) electrons. The van der Waals surface area contributed by atoms with Gasteiger partial charge in [0.25, 0.3) is 0 Å². The number of rotatable bonds is 7. The van der Waals surface area contributed by atoms with Crippen LogP contribution in [-0.2, 0) is 9.59 Å². The zero-order valence-electron chi connectivity index (χ0n) is 18.1. The zero-order chi connectivity index (χ0) is 23.3. The third-order valence-corrected chi connectivity index (χ3v) is 4.87. The number of ether oxygens (including phenoxy) is 1. The Balaban J connectivity index is 1.73. The van der Waals surface area contributed by atoms with E-state index in [1.807, 2.05) is 0 Å². The highest BCUT2D eigenvalue weighted by atomic mass is 19.1. The number of halogens is 1. The molecule has 32 heavy (non-hydrogen) atoms. The van der Waals surface area contributed by atoms with Crippen LogP contribution in [0, 0.1) is 5.82 Å². The molecule has 0 aliphatic carbocycles. The first kappa shape index (κ1) is 22.9. The summed E-state index contributed by atoms with van der Waals surface area (Å²) in [6.45, 7) is 4.00. The summed E-state index contributed by atoms with van der Waals surface area (Å²) in [4.78, 5) is 37.5. The summed E-state index contributed by atoms with van der Waals surface area (Å²) in [7, 11) is 1.47. The topological polar surface area (TPSA) is 112 Å². The van der Waals surface area contributed by atoms with Gasteiger partial charge in [-0.15, -0.1) is 0 Å². The van der Waals surface area contributed by atoms with Gasteiger partial charge in [0, 0.05) is 31.4 Å². The molecule has 1 fully saturated rings. The predicted octanol–water partition coefficient (Wildman–Crippen LogP) is 3.15. The van der Waals surface area contributed by atoms with Crippen molar-refractivity contribution in [3.63, 3.8) is 0 Å². The average Bonchev–Trinajstić information content (AvgIpc) is 2.75. The molecule has 3 rings (SSSR count). The van der Waals surface area contributed by atoms with Crippen molar-refractivity contribution in [1.29, 1.82) is 0 Å². The summed E-state index contributed by atoms with van der Waals surface area (Å²) in [6, 6.07) is 8.09. The normalized spacial score (nSPS) is 14.2. The molecule has 0 aromatic heterocycles. The highest BCUT2D eigenvalue weighted by Gasteiger charge is 2.23. The molecule has 2 aromatic rings. The molecule has 0 spiro atoms. The SMILES string of the molecule is COc1ccc(NC(C)=O)cc1NC(=O)C(C)Nc1ccc(F)c(N2CCCNC2=O)c1. The van der Waals surface area contributed by atoms with Gasteiger partial charge in [-0.3, -0.25) is 14.5 Å². The number of hydrogen-bond acceptors (Lipinski definition) is 5. The maximum atomic E-state index is 14.4. The fourth-order valence-electron chi connectivity index (χ4n) is 3.31. The van der Waals surface area contributed by atoms with E-state index < -0.39 is 11.9 Å². The van der Waals surface area contributed by atoms with Gasteiger partial charge in [0.2, 0.25) is 11.8 Å². The van der Waals surface area contributed by atoms with Gasteiger partial charge in [0.05, 0.1) is 18.5 Å².